The van der Waals surface area contributed by atoms with Gasteiger partial charge in [-0.1, -0.05) is 29.4 Å². The Hall–Kier alpha value is -1.92. The molecule has 1 atom stereocenters. The van der Waals surface area contributed by atoms with Gasteiger partial charge >= 0.3 is 5.97 Å². The lowest BCUT2D eigenvalue weighted by molar-refractivity contribution is -0.139. The number of halogens is 1. The van der Waals surface area contributed by atoms with Gasteiger partial charge in [-0.05, 0) is 37.0 Å². The van der Waals surface area contributed by atoms with E-state index in [1.807, 2.05) is 35.6 Å². The molecule has 7 heteroatoms. The van der Waals surface area contributed by atoms with Gasteiger partial charge in [0.2, 0.25) is 0 Å². The van der Waals surface area contributed by atoms with E-state index >= 15 is 0 Å². The average Bonchev–Trinajstić information content (AvgIpc) is 3.01. The van der Waals surface area contributed by atoms with Crippen LogP contribution in [0.15, 0.2) is 46.1 Å². The first-order chi connectivity index (χ1) is 11.6. The summed E-state index contributed by atoms with van der Waals surface area (Å²) in [5.74, 6) is 0.231. The zero-order chi connectivity index (χ0) is 17.3. The summed E-state index contributed by atoms with van der Waals surface area (Å²) < 4.78 is 10.5. The van der Waals surface area contributed by atoms with Gasteiger partial charge in [-0.2, -0.15) is 0 Å². The number of thioether (sulfide) groups is 1. The van der Waals surface area contributed by atoms with E-state index in [2.05, 4.69) is 4.99 Å². The van der Waals surface area contributed by atoms with E-state index in [9.17, 15) is 4.79 Å². The predicted octanol–water partition coefficient (Wildman–Crippen LogP) is 4.12. The summed E-state index contributed by atoms with van der Waals surface area (Å²) in [4.78, 5) is 19.0. The fourth-order valence-corrected chi connectivity index (χ4v) is 3.81. The Morgan fingerprint density at radius 1 is 1.46 bits per heavy atom. The third-order valence-corrected chi connectivity index (χ3v) is 4.87. The molecule has 1 aromatic carbocycles. The monoisotopic (exact) mass is 364 g/mol. The fraction of sp³-hybridized carbons (Fsp3) is 0.294. The number of carbonyl (C=O) groups excluding carboxylic acids is 1. The summed E-state index contributed by atoms with van der Waals surface area (Å²) in [5, 5.41) is 3.27. The Morgan fingerprint density at radius 2 is 2.25 bits per heavy atom. The summed E-state index contributed by atoms with van der Waals surface area (Å²) in [6.07, 6.45) is 1.91. The Morgan fingerprint density at radius 3 is 2.92 bits per heavy atom. The number of amidine groups is 1. The Labute approximate surface area is 150 Å². The Kier molecular flexibility index (Phi) is 4.87. The van der Waals surface area contributed by atoms with Crippen LogP contribution in [0, 0.1) is 0 Å². The van der Waals surface area contributed by atoms with Crippen LogP contribution in [0.3, 0.4) is 0 Å². The van der Waals surface area contributed by atoms with E-state index in [1.54, 1.807) is 20.1 Å². The van der Waals surface area contributed by atoms with Crippen molar-refractivity contribution in [1.29, 1.82) is 0 Å². The number of hydrogen-bond acceptors (Lipinski definition) is 6. The largest absolute Gasteiger partial charge is 0.495 e. The Balaban J connectivity index is 2.10. The molecule has 1 aromatic rings. The van der Waals surface area contributed by atoms with Crippen molar-refractivity contribution in [2.45, 2.75) is 19.9 Å². The molecular formula is C17H17ClN2O3S. The molecule has 0 unspecified atom stereocenters. The number of ether oxygens (including phenoxy) is 2. The Bertz CT molecular complexity index is 773. The third kappa shape index (κ3) is 2.91. The van der Waals surface area contributed by atoms with Crippen LogP contribution in [0.5, 0.6) is 5.75 Å². The van der Waals surface area contributed by atoms with Gasteiger partial charge in [0.15, 0.2) is 5.17 Å². The van der Waals surface area contributed by atoms with Crippen molar-refractivity contribution in [3.63, 3.8) is 0 Å². The van der Waals surface area contributed by atoms with Gasteiger partial charge < -0.3 is 14.4 Å². The smallest absolute Gasteiger partial charge is 0.338 e. The van der Waals surface area contributed by atoms with E-state index in [4.69, 9.17) is 21.1 Å². The molecule has 0 bridgehead atoms. The quantitative estimate of drug-likeness (QED) is 0.752. The van der Waals surface area contributed by atoms with E-state index in [0.29, 0.717) is 28.6 Å². The molecule has 0 saturated carbocycles. The SMILES string of the molecule is CCOC(=O)C1=C(C)N=C2SC=CN2[C@@H]1c1ccc(OC)c(Cl)c1. The van der Waals surface area contributed by atoms with Gasteiger partial charge in [-0.25, -0.2) is 9.79 Å². The van der Waals surface area contributed by atoms with E-state index in [1.165, 1.54) is 11.8 Å². The molecule has 5 nitrogen and oxygen atoms in total. The van der Waals surface area contributed by atoms with Gasteiger partial charge in [-0.3, -0.25) is 0 Å². The van der Waals surface area contributed by atoms with Crippen LogP contribution in [-0.2, 0) is 9.53 Å². The molecule has 0 fully saturated rings. The molecule has 24 heavy (non-hydrogen) atoms. The predicted molar refractivity (Wildman–Crippen MR) is 96.1 cm³/mol. The van der Waals surface area contributed by atoms with Crippen molar-refractivity contribution < 1.29 is 14.3 Å². The maximum Gasteiger partial charge on any atom is 0.338 e. The van der Waals surface area contributed by atoms with Crippen LogP contribution in [-0.4, -0.2) is 29.8 Å². The highest BCUT2D eigenvalue weighted by molar-refractivity contribution is 8.16. The molecule has 3 rings (SSSR count). The highest BCUT2D eigenvalue weighted by Crippen LogP contribution is 2.42. The second kappa shape index (κ2) is 6.91. The molecule has 0 spiro atoms. The van der Waals surface area contributed by atoms with E-state index < -0.39 is 0 Å². The topological polar surface area (TPSA) is 51.1 Å². The standard InChI is InChI=1S/C17H17ClN2O3S/c1-4-23-16(21)14-10(2)19-17-20(7-8-24-17)15(14)11-5-6-13(22-3)12(18)9-11/h5-9,15H,4H2,1-3H3/t15-/m1/s1. The minimum atomic E-state index is -0.361. The summed E-state index contributed by atoms with van der Waals surface area (Å²) >= 11 is 7.81. The van der Waals surface area contributed by atoms with Gasteiger partial charge in [0.25, 0.3) is 0 Å². The lowest BCUT2D eigenvalue weighted by Gasteiger charge is -2.33. The van der Waals surface area contributed by atoms with Gasteiger partial charge in [-0.15, -0.1) is 0 Å². The molecule has 0 N–H and O–H groups in total. The van der Waals surface area contributed by atoms with E-state index in [-0.39, 0.29) is 12.0 Å². The van der Waals surface area contributed by atoms with Crippen molar-refractivity contribution in [2.75, 3.05) is 13.7 Å². The van der Waals surface area contributed by atoms with Crippen LogP contribution in [0.1, 0.15) is 25.5 Å². The number of benzene rings is 1. The number of esters is 1. The maximum atomic E-state index is 12.5. The molecule has 0 aromatic heterocycles. The van der Waals surface area contributed by atoms with Gasteiger partial charge in [0, 0.05) is 6.20 Å². The minimum absolute atomic E-state index is 0.312. The van der Waals surface area contributed by atoms with Gasteiger partial charge in [0.05, 0.1) is 36.1 Å². The summed E-state index contributed by atoms with van der Waals surface area (Å²) in [6, 6.07) is 5.19. The molecule has 2 aliphatic rings. The molecule has 2 heterocycles. The maximum absolute atomic E-state index is 12.5. The lowest BCUT2D eigenvalue weighted by atomic mass is 9.95. The van der Waals surface area contributed by atoms with E-state index in [0.717, 1.165) is 10.7 Å². The summed E-state index contributed by atoms with van der Waals surface area (Å²) in [7, 11) is 1.57. The first-order valence-electron chi connectivity index (χ1n) is 7.48. The highest BCUT2D eigenvalue weighted by atomic mass is 35.5. The highest BCUT2D eigenvalue weighted by Gasteiger charge is 2.37. The molecule has 0 radical (unpaired) electrons. The second-order valence-corrected chi connectivity index (χ2v) is 6.50. The minimum Gasteiger partial charge on any atom is -0.495 e. The van der Waals surface area contributed by atoms with Crippen molar-refractivity contribution >= 4 is 34.5 Å². The van der Waals surface area contributed by atoms with Crippen molar-refractivity contribution in [2.24, 2.45) is 4.99 Å². The number of allylic oxidation sites excluding steroid dienone is 1. The number of rotatable bonds is 4. The summed E-state index contributed by atoms with van der Waals surface area (Å²) in [5.41, 5.74) is 2.06. The summed E-state index contributed by atoms with van der Waals surface area (Å²) in [6.45, 7) is 3.93. The van der Waals surface area contributed by atoms with Crippen LogP contribution < -0.4 is 4.74 Å². The zero-order valence-corrected chi connectivity index (χ0v) is 15.1. The second-order valence-electron chi connectivity index (χ2n) is 5.22. The fourth-order valence-electron chi connectivity index (χ4n) is 2.75. The molecule has 0 aliphatic carbocycles. The number of hydrogen-bond donors (Lipinski definition) is 0. The van der Waals surface area contributed by atoms with Crippen LogP contribution in [0.4, 0.5) is 0 Å². The lowest BCUT2D eigenvalue weighted by Crippen LogP contribution is -2.34. The zero-order valence-electron chi connectivity index (χ0n) is 13.6. The van der Waals surface area contributed by atoms with Crippen LogP contribution >= 0.6 is 23.4 Å². The van der Waals surface area contributed by atoms with Crippen molar-refractivity contribution in [3.05, 3.63) is 51.7 Å². The first kappa shape index (κ1) is 16.9. The third-order valence-electron chi connectivity index (χ3n) is 3.81. The van der Waals surface area contributed by atoms with Crippen LogP contribution in [0.25, 0.3) is 0 Å². The normalized spacial score (nSPS) is 19.2. The molecular weight excluding hydrogens is 348 g/mol. The van der Waals surface area contributed by atoms with Gasteiger partial charge in [0.1, 0.15) is 5.75 Å². The first-order valence-corrected chi connectivity index (χ1v) is 8.74. The number of methoxy groups -OCH3 is 1. The molecule has 0 amide bonds. The number of aliphatic imine (C=N–C) groups is 1. The molecule has 126 valence electrons. The molecule has 0 saturated heterocycles. The van der Waals surface area contributed by atoms with Crippen LogP contribution in [0.2, 0.25) is 5.02 Å². The molecule has 2 aliphatic heterocycles. The average molecular weight is 365 g/mol. The number of fused-ring (bicyclic) bond motifs is 1. The van der Waals surface area contributed by atoms with Crippen molar-refractivity contribution in [3.8, 4) is 5.75 Å². The van der Waals surface area contributed by atoms with Crippen molar-refractivity contribution in [1.82, 2.24) is 4.90 Å². The number of carbonyl (C=O) groups is 1. The number of nitrogens with zero attached hydrogens (tertiary/aromatic N) is 2.